The van der Waals surface area contributed by atoms with E-state index in [0.717, 1.165) is 19.4 Å². The minimum atomic E-state index is -0.169. The Kier molecular flexibility index (Phi) is 4.75. The van der Waals surface area contributed by atoms with E-state index in [0.29, 0.717) is 17.3 Å². The molecule has 106 valence electrons. The number of hydrogen-bond acceptors (Lipinski definition) is 3. The van der Waals surface area contributed by atoms with E-state index in [1.807, 2.05) is 13.0 Å². The van der Waals surface area contributed by atoms with Crippen molar-refractivity contribution in [1.29, 1.82) is 5.26 Å². The lowest BCUT2D eigenvalue weighted by molar-refractivity contribution is -0.122. The van der Waals surface area contributed by atoms with Crippen molar-refractivity contribution in [2.75, 3.05) is 11.9 Å². The second-order valence-corrected chi connectivity index (χ2v) is 5.41. The monoisotopic (exact) mass is 271 g/mol. The molecule has 1 aromatic rings. The number of nitriles is 1. The number of piperidine rings is 1. The average Bonchev–Trinajstić information content (AvgIpc) is 2.47. The molecule has 2 atom stereocenters. The summed E-state index contributed by atoms with van der Waals surface area (Å²) in [4.78, 5) is 14.6. The fraction of sp³-hybridized carbons (Fsp3) is 0.500. The average molecular weight is 271 g/mol. The van der Waals surface area contributed by atoms with Gasteiger partial charge in [-0.1, -0.05) is 18.6 Å². The summed E-state index contributed by atoms with van der Waals surface area (Å²) in [5.74, 6) is -0.0403. The lowest BCUT2D eigenvalue weighted by Crippen LogP contribution is -2.48. The van der Waals surface area contributed by atoms with Crippen LogP contribution in [0.25, 0.3) is 0 Å². The van der Waals surface area contributed by atoms with Crippen LogP contribution in [0.15, 0.2) is 24.3 Å². The van der Waals surface area contributed by atoms with E-state index in [1.165, 1.54) is 6.42 Å². The molecule has 4 heteroatoms. The van der Waals surface area contributed by atoms with Gasteiger partial charge >= 0.3 is 0 Å². The number of carbonyl (C=O) groups excluding carboxylic acids is 1. The van der Waals surface area contributed by atoms with Crippen LogP contribution in [0.4, 0.5) is 5.69 Å². The maximum absolute atomic E-state index is 12.4. The Morgan fingerprint density at radius 2 is 2.20 bits per heavy atom. The van der Waals surface area contributed by atoms with Gasteiger partial charge in [0.25, 0.3) is 0 Å². The summed E-state index contributed by atoms with van der Waals surface area (Å²) in [5, 5.41) is 11.9. The summed E-state index contributed by atoms with van der Waals surface area (Å²) in [6.07, 6.45) is 3.53. The number of amides is 1. The molecule has 1 amide bonds. The third-order valence-electron chi connectivity index (χ3n) is 4.04. The summed E-state index contributed by atoms with van der Waals surface area (Å²) in [7, 11) is 0. The number of nitrogens with one attached hydrogen (secondary N) is 1. The minimum Gasteiger partial charge on any atom is -0.324 e. The first-order chi connectivity index (χ1) is 9.63. The Morgan fingerprint density at radius 1 is 1.45 bits per heavy atom. The van der Waals surface area contributed by atoms with Gasteiger partial charge in [0.15, 0.2) is 0 Å². The molecule has 0 radical (unpaired) electrons. The predicted octanol–water partition coefficient (Wildman–Crippen LogP) is 2.76. The Balaban J connectivity index is 2.06. The normalized spacial score (nSPS) is 20.9. The highest BCUT2D eigenvalue weighted by atomic mass is 16.2. The fourth-order valence-corrected chi connectivity index (χ4v) is 2.77. The number of carbonyl (C=O) groups is 1. The zero-order chi connectivity index (χ0) is 14.5. The molecular weight excluding hydrogens is 250 g/mol. The zero-order valence-corrected chi connectivity index (χ0v) is 12.1. The first kappa shape index (κ1) is 14.5. The quantitative estimate of drug-likeness (QED) is 0.919. The van der Waals surface area contributed by atoms with Crippen LogP contribution in [0.1, 0.15) is 38.7 Å². The third-order valence-corrected chi connectivity index (χ3v) is 4.04. The Bertz CT molecular complexity index is 521. The van der Waals surface area contributed by atoms with Crippen LogP contribution in [-0.4, -0.2) is 29.4 Å². The molecule has 20 heavy (non-hydrogen) atoms. The van der Waals surface area contributed by atoms with Crippen LogP contribution < -0.4 is 5.32 Å². The second-order valence-electron chi connectivity index (χ2n) is 5.41. The molecule has 1 aliphatic rings. The number of benzene rings is 1. The van der Waals surface area contributed by atoms with Gasteiger partial charge in [0, 0.05) is 6.04 Å². The van der Waals surface area contributed by atoms with Crippen LogP contribution >= 0.6 is 0 Å². The SMILES string of the molecule is CC1CCCCN1C(C)C(=O)Nc1ccccc1C#N. The highest BCUT2D eigenvalue weighted by Gasteiger charge is 2.27. The molecule has 0 aliphatic carbocycles. The molecule has 1 aromatic carbocycles. The van der Waals surface area contributed by atoms with Crippen molar-refractivity contribution in [2.24, 2.45) is 0 Å². The third kappa shape index (κ3) is 3.17. The molecule has 2 unspecified atom stereocenters. The van der Waals surface area contributed by atoms with Crippen molar-refractivity contribution >= 4 is 11.6 Å². The molecule has 0 saturated carbocycles. The Hall–Kier alpha value is -1.86. The summed E-state index contributed by atoms with van der Waals surface area (Å²) >= 11 is 0. The molecular formula is C16H21N3O. The van der Waals surface area contributed by atoms with Gasteiger partial charge in [0.2, 0.25) is 5.91 Å². The Morgan fingerprint density at radius 3 is 2.90 bits per heavy atom. The maximum Gasteiger partial charge on any atom is 0.241 e. The second kappa shape index (κ2) is 6.53. The molecule has 1 fully saturated rings. The molecule has 1 aliphatic heterocycles. The first-order valence-electron chi connectivity index (χ1n) is 7.19. The molecule has 1 saturated heterocycles. The Labute approximate surface area is 120 Å². The van der Waals surface area contributed by atoms with E-state index in [1.54, 1.807) is 18.2 Å². The highest BCUT2D eigenvalue weighted by molar-refractivity contribution is 5.95. The lowest BCUT2D eigenvalue weighted by Gasteiger charge is -2.37. The smallest absolute Gasteiger partial charge is 0.241 e. The predicted molar refractivity (Wildman–Crippen MR) is 79.3 cm³/mol. The van der Waals surface area contributed by atoms with Crippen LogP contribution in [0.3, 0.4) is 0 Å². The van der Waals surface area contributed by atoms with Gasteiger partial charge in [0.1, 0.15) is 6.07 Å². The van der Waals surface area contributed by atoms with Gasteiger partial charge in [-0.25, -0.2) is 0 Å². The van der Waals surface area contributed by atoms with Crippen LogP contribution in [0, 0.1) is 11.3 Å². The maximum atomic E-state index is 12.4. The van der Waals surface area contributed by atoms with E-state index < -0.39 is 0 Å². The van der Waals surface area contributed by atoms with Crippen molar-refractivity contribution in [2.45, 2.75) is 45.2 Å². The molecule has 1 N–H and O–H groups in total. The van der Waals surface area contributed by atoms with Crippen LogP contribution in [-0.2, 0) is 4.79 Å². The molecule has 0 aromatic heterocycles. The van der Waals surface area contributed by atoms with E-state index in [9.17, 15) is 4.79 Å². The minimum absolute atomic E-state index is 0.0403. The standard InChI is InChI=1S/C16H21N3O/c1-12-7-5-6-10-19(12)13(2)16(20)18-15-9-4-3-8-14(15)11-17/h3-4,8-9,12-13H,5-7,10H2,1-2H3,(H,18,20). The van der Waals surface area contributed by atoms with Crippen molar-refractivity contribution < 1.29 is 4.79 Å². The van der Waals surface area contributed by atoms with Gasteiger partial charge < -0.3 is 5.32 Å². The van der Waals surface area contributed by atoms with Gasteiger partial charge in [-0.3, -0.25) is 9.69 Å². The molecule has 1 heterocycles. The van der Waals surface area contributed by atoms with Gasteiger partial charge in [-0.05, 0) is 45.4 Å². The lowest BCUT2D eigenvalue weighted by atomic mass is 10.0. The number of nitrogens with zero attached hydrogens (tertiary/aromatic N) is 2. The largest absolute Gasteiger partial charge is 0.324 e. The number of hydrogen-bond donors (Lipinski definition) is 1. The molecule has 0 bridgehead atoms. The van der Waals surface area contributed by atoms with Gasteiger partial charge in [-0.2, -0.15) is 5.26 Å². The summed E-state index contributed by atoms with van der Waals surface area (Å²) in [5.41, 5.74) is 1.09. The molecule has 0 spiro atoms. The molecule has 4 nitrogen and oxygen atoms in total. The van der Waals surface area contributed by atoms with Crippen molar-refractivity contribution in [1.82, 2.24) is 4.90 Å². The number of likely N-dealkylation sites (tertiary alicyclic amines) is 1. The highest BCUT2D eigenvalue weighted by Crippen LogP contribution is 2.20. The summed E-state index contributed by atoms with van der Waals surface area (Å²) in [6, 6.07) is 9.47. The first-order valence-corrected chi connectivity index (χ1v) is 7.19. The zero-order valence-electron chi connectivity index (χ0n) is 12.1. The number of anilines is 1. The van der Waals surface area contributed by atoms with Crippen molar-refractivity contribution in [3.8, 4) is 6.07 Å². The molecule has 2 rings (SSSR count). The van der Waals surface area contributed by atoms with E-state index in [2.05, 4.69) is 23.2 Å². The van der Waals surface area contributed by atoms with Crippen LogP contribution in [0.2, 0.25) is 0 Å². The summed E-state index contributed by atoms with van der Waals surface area (Å²) < 4.78 is 0. The number of para-hydroxylation sites is 1. The van der Waals surface area contributed by atoms with E-state index in [4.69, 9.17) is 5.26 Å². The fourth-order valence-electron chi connectivity index (χ4n) is 2.77. The van der Waals surface area contributed by atoms with Crippen LogP contribution in [0.5, 0.6) is 0 Å². The number of rotatable bonds is 3. The topological polar surface area (TPSA) is 56.1 Å². The van der Waals surface area contributed by atoms with E-state index >= 15 is 0 Å². The summed E-state index contributed by atoms with van der Waals surface area (Å²) in [6.45, 7) is 5.08. The van der Waals surface area contributed by atoms with Gasteiger partial charge in [0.05, 0.1) is 17.3 Å². The van der Waals surface area contributed by atoms with E-state index in [-0.39, 0.29) is 11.9 Å². The van der Waals surface area contributed by atoms with Crippen molar-refractivity contribution in [3.05, 3.63) is 29.8 Å². The van der Waals surface area contributed by atoms with Crippen molar-refractivity contribution in [3.63, 3.8) is 0 Å². The van der Waals surface area contributed by atoms with Gasteiger partial charge in [-0.15, -0.1) is 0 Å².